The van der Waals surface area contributed by atoms with Crippen molar-refractivity contribution in [2.75, 3.05) is 0 Å². The molecule has 0 saturated heterocycles. The molecule has 0 fully saturated rings. The summed E-state index contributed by atoms with van der Waals surface area (Å²) in [5.74, 6) is 1.43. The molecule has 0 aromatic carbocycles. The fourth-order valence-corrected chi connectivity index (χ4v) is 1.39. The van der Waals surface area contributed by atoms with Gasteiger partial charge in [-0.2, -0.15) is 5.10 Å². The lowest BCUT2D eigenvalue weighted by atomic mass is 10.00. The first kappa shape index (κ1) is 11.9. The fraction of sp³-hybridized carbons (Fsp3) is 0.636. The highest BCUT2D eigenvalue weighted by Crippen LogP contribution is 2.08. The highest BCUT2D eigenvalue weighted by molar-refractivity contribution is 4.83. The molecule has 84 valence electrons. The quantitative estimate of drug-likeness (QED) is 0.720. The van der Waals surface area contributed by atoms with Crippen molar-refractivity contribution in [3.63, 3.8) is 0 Å². The molecular weight excluding hydrogens is 188 g/mol. The minimum Gasteiger partial charge on any atom is -0.307 e. The van der Waals surface area contributed by atoms with Gasteiger partial charge in [0.2, 0.25) is 0 Å². The second-order valence-electron chi connectivity index (χ2n) is 4.01. The zero-order valence-corrected chi connectivity index (χ0v) is 9.77. The third-order valence-electron chi connectivity index (χ3n) is 2.62. The van der Waals surface area contributed by atoms with Gasteiger partial charge in [0.05, 0.1) is 6.54 Å². The van der Waals surface area contributed by atoms with Crippen LogP contribution in [0.4, 0.5) is 0 Å². The Bertz CT molecular complexity index is 305. The molecule has 0 spiro atoms. The van der Waals surface area contributed by atoms with E-state index in [1.807, 2.05) is 13.1 Å². The number of aromatic nitrogens is 3. The number of nitrogens with one attached hydrogen (secondary N) is 1. The van der Waals surface area contributed by atoms with Crippen molar-refractivity contribution in [2.24, 2.45) is 13.0 Å². The van der Waals surface area contributed by atoms with Crippen LogP contribution in [0.2, 0.25) is 0 Å². The lowest BCUT2D eigenvalue weighted by molar-refractivity contribution is 0.398. The van der Waals surface area contributed by atoms with Crippen LogP contribution in [0, 0.1) is 5.92 Å². The van der Waals surface area contributed by atoms with E-state index in [2.05, 4.69) is 35.8 Å². The summed E-state index contributed by atoms with van der Waals surface area (Å²) in [7, 11) is 1.88. The van der Waals surface area contributed by atoms with Crippen LogP contribution in [0.15, 0.2) is 19.0 Å². The minimum absolute atomic E-state index is 0.451. The Balaban J connectivity index is 2.33. The minimum atomic E-state index is 0.451. The van der Waals surface area contributed by atoms with Gasteiger partial charge in [-0.1, -0.05) is 13.0 Å². The predicted octanol–water partition coefficient (Wildman–Crippen LogP) is 1.51. The van der Waals surface area contributed by atoms with Crippen molar-refractivity contribution in [2.45, 2.75) is 32.9 Å². The smallest absolute Gasteiger partial charge is 0.164 e. The van der Waals surface area contributed by atoms with Crippen LogP contribution in [-0.4, -0.2) is 20.8 Å². The SMILES string of the molecule is C=CCC(C)C(C)NCc1ncn(C)n1. The van der Waals surface area contributed by atoms with Crippen molar-refractivity contribution in [1.82, 2.24) is 20.1 Å². The average Bonchev–Trinajstić information content (AvgIpc) is 2.61. The van der Waals surface area contributed by atoms with Crippen LogP contribution < -0.4 is 5.32 Å². The van der Waals surface area contributed by atoms with E-state index in [-0.39, 0.29) is 0 Å². The summed E-state index contributed by atoms with van der Waals surface area (Å²) in [5, 5.41) is 7.62. The van der Waals surface area contributed by atoms with Crippen LogP contribution in [0.5, 0.6) is 0 Å². The van der Waals surface area contributed by atoms with Crippen molar-refractivity contribution >= 4 is 0 Å². The molecule has 2 atom stereocenters. The van der Waals surface area contributed by atoms with Gasteiger partial charge >= 0.3 is 0 Å². The zero-order valence-electron chi connectivity index (χ0n) is 9.77. The molecule has 1 aromatic heterocycles. The van der Waals surface area contributed by atoms with E-state index in [4.69, 9.17) is 0 Å². The molecule has 4 nitrogen and oxygen atoms in total. The zero-order chi connectivity index (χ0) is 11.3. The summed E-state index contributed by atoms with van der Waals surface area (Å²) in [5.41, 5.74) is 0. The lowest BCUT2D eigenvalue weighted by Crippen LogP contribution is -2.31. The van der Waals surface area contributed by atoms with Crippen LogP contribution in [-0.2, 0) is 13.6 Å². The molecule has 0 radical (unpaired) electrons. The molecule has 0 saturated carbocycles. The van der Waals surface area contributed by atoms with Gasteiger partial charge in [0, 0.05) is 13.1 Å². The second-order valence-corrected chi connectivity index (χ2v) is 4.01. The summed E-state index contributed by atoms with van der Waals surface area (Å²) in [6.45, 7) is 8.87. The molecule has 0 aliphatic carbocycles. The van der Waals surface area contributed by atoms with Gasteiger partial charge in [0.1, 0.15) is 6.33 Å². The maximum Gasteiger partial charge on any atom is 0.164 e. The molecule has 1 heterocycles. The molecule has 1 aromatic rings. The van der Waals surface area contributed by atoms with E-state index in [1.165, 1.54) is 0 Å². The van der Waals surface area contributed by atoms with E-state index < -0.39 is 0 Å². The molecular formula is C11H20N4. The first-order valence-electron chi connectivity index (χ1n) is 5.32. The monoisotopic (exact) mass is 208 g/mol. The van der Waals surface area contributed by atoms with Gasteiger partial charge in [-0.25, -0.2) is 4.98 Å². The molecule has 0 amide bonds. The summed E-state index contributed by atoms with van der Waals surface area (Å²) in [6.07, 6.45) is 4.71. The van der Waals surface area contributed by atoms with Crippen LogP contribution in [0.3, 0.4) is 0 Å². The summed E-state index contributed by atoms with van der Waals surface area (Å²) < 4.78 is 1.72. The van der Waals surface area contributed by atoms with Crippen molar-refractivity contribution < 1.29 is 0 Å². The first-order valence-corrected chi connectivity index (χ1v) is 5.32. The van der Waals surface area contributed by atoms with Crippen LogP contribution in [0.25, 0.3) is 0 Å². The van der Waals surface area contributed by atoms with E-state index in [9.17, 15) is 0 Å². The molecule has 1 N–H and O–H groups in total. The number of hydrogen-bond acceptors (Lipinski definition) is 3. The predicted molar refractivity (Wildman–Crippen MR) is 61.3 cm³/mol. The maximum absolute atomic E-state index is 4.21. The molecule has 1 rings (SSSR count). The molecule has 0 bridgehead atoms. The van der Waals surface area contributed by atoms with E-state index in [0.717, 1.165) is 18.8 Å². The number of nitrogens with zero attached hydrogens (tertiary/aromatic N) is 3. The van der Waals surface area contributed by atoms with E-state index in [0.29, 0.717) is 12.0 Å². The molecule has 4 heteroatoms. The third kappa shape index (κ3) is 3.83. The highest BCUT2D eigenvalue weighted by Gasteiger charge is 2.10. The number of rotatable bonds is 6. The standard InChI is InChI=1S/C11H20N4/c1-5-6-9(2)10(3)12-7-11-13-8-15(4)14-11/h5,8-10,12H,1,6-7H2,2-4H3. The Morgan fingerprint density at radius 1 is 1.60 bits per heavy atom. The average molecular weight is 208 g/mol. The summed E-state index contributed by atoms with van der Waals surface area (Å²) >= 11 is 0. The van der Waals surface area contributed by atoms with Crippen molar-refractivity contribution in [3.05, 3.63) is 24.8 Å². The lowest BCUT2D eigenvalue weighted by Gasteiger charge is -2.19. The van der Waals surface area contributed by atoms with Gasteiger partial charge < -0.3 is 5.32 Å². The molecule has 2 unspecified atom stereocenters. The van der Waals surface area contributed by atoms with Gasteiger partial charge in [0.15, 0.2) is 5.82 Å². The van der Waals surface area contributed by atoms with Crippen molar-refractivity contribution in [3.8, 4) is 0 Å². The van der Waals surface area contributed by atoms with E-state index >= 15 is 0 Å². The second kappa shape index (κ2) is 5.66. The Labute approximate surface area is 91.4 Å². The summed E-state index contributed by atoms with van der Waals surface area (Å²) in [6, 6.07) is 0.451. The molecule has 15 heavy (non-hydrogen) atoms. The number of hydrogen-bond donors (Lipinski definition) is 1. The van der Waals surface area contributed by atoms with Crippen molar-refractivity contribution in [1.29, 1.82) is 0 Å². The van der Waals surface area contributed by atoms with Crippen LogP contribution in [0.1, 0.15) is 26.1 Å². The van der Waals surface area contributed by atoms with Gasteiger partial charge in [-0.05, 0) is 19.3 Å². The normalized spacial score (nSPS) is 14.9. The first-order chi connectivity index (χ1) is 7.13. The molecule has 0 aliphatic heterocycles. The Hall–Kier alpha value is -1.16. The molecule has 0 aliphatic rings. The highest BCUT2D eigenvalue weighted by atomic mass is 15.3. The third-order valence-corrected chi connectivity index (χ3v) is 2.62. The van der Waals surface area contributed by atoms with E-state index in [1.54, 1.807) is 11.0 Å². The Morgan fingerprint density at radius 3 is 2.87 bits per heavy atom. The number of allylic oxidation sites excluding steroid dienone is 1. The van der Waals surface area contributed by atoms with Gasteiger partial charge in [-0.15, -0.1) is 6.58 Å². The fourth-order valence-electron chi connectivity index (χ4n) is 1.39. The van der Waals surface area contributed by atoms with Crippen LogP contribution >= 0.6 is 0 Å². The summed E-state index contributed by atoms with van der Waals surface area (Å²) in [4.78, 5) is 4.16. The van der Waals surface area contributed by atoms with Gasteiger partial charge in [-0.3, -0.25) is 4.68 Å². The Kier molecular flexibility index (Phi) is 4.49. The Morgan fingerprint density at radius 2 is 2.33 bits per heavy atom. The topological polar surface area (TPSA) is 42.7 Å². The maximum atomic E-state index is 4.21. The van der Waals surface area contributed by atoms with Gasteiger partial charge in [0.25, 0.3) is 0 Å². The number of aryl methyl sites for hydroxylation is 1. The largest absolute Gasteiger partial charge is 0.307 e.